The number of benzene rings is 2. The van der Waals surface area contributed by atoms with Crippen LogP contribution in [0.3, 0.4) is 0 Å². The quantitative estimate of drug-likeness (QED) is 0.127. The van der Waals surface area contributed by atoms with E-state index in [9.17, 15) is 9.59 Å². The zero-order valence-corrected chi connectivity index (χ0v) is 37.6. The third-order valence-electron chi connectivity index (χ3n) is 12.4. The van der Waals surface area contributed by atoms with Crippen LogP contribution in [0, 0.1) is 20.8 Å². The van der Waals surface area contributed by atoms with Gasteiger partial charge in [0.05, 0.1) is 24.5 Å². The number of thiophene rings is 2. The minimum atomic E-state index is -0.0742. The van der Waals surface area contributed by atoms with Gasteiger partial charge in [-0.2, -0.15) is 10.2 Å². The Morgan fingerprint density at radius 3 is 1.73 bits per heavy atom. The van der Waals surface area contributed by atoms with Gasteiger partial charge in [0.15, 0.2) is 11.6 Å². The second kappa shape index (κ2) is 16.9. The molecule has 10 rings (SSSR count). The molecule has 2 aromatic carbocycles. The highest BCUT2D eigenvalue weighted by Crippen LogP contribution is 2.44. The molecular formula is C52H46N8O2S2. The summed E-state index contributed by atoms with van der Waals surface area (Å²) in [6, 6.07) is 31.5. The number of nitrogens with zero attached hydrogens (tertiary/aromatic N) is 8. The van der Waals surface area contributed by atoms with Gasteiger partial charge in [-0.25, -0.2) is 19.3 Å². The maximum absolute atomic E-state index is 13.2. The van der Waals surface area contributed by atoms with Crippen LogP contribution in [0.2, 0.25) is 0 Å². The SMILES string of the molecule is C=CC(=O)N1Cc2sc(C)cc2[C@@H](c2ccccc2-c2cn(-c3ccc(Cc4cc5c(s4)CN(C(=O)C=C)C[C@H]5c4ccccc4-c4cn(-c5ccccn5)nc4C)cn3)nc2C)C1. The third kappa shape index (κ3) is 7.62. The van der Waals surface area contributed by atoms with Crippen LogP contribution < -0.4 is 0 Å². The van der Waals surface area contributed by atoms with Crippen LogP contribution in [0.25, 0.3) is 33.9 Å². The van der Waals surface area contributed by atoms with Crippen molar-refractivity contribution in [2.75, 3.05) is 13.1 Å². The molecule has 12 heteroatoms. The van der Waals surface area contributed by atoms with Crippen molar-refractivity contribution in [2.45, 2.75) is 52.1 Å². The average Bonchev–Trinajstić information content (AvgIpc) is 4.12. The minimum Gasteiger partial charge on any atom is -0.333 e. The van der Waals surface area contributed by atoms with Crippen LogP contribution >= 0.6 is 22.7 Å². The molecule has 0 aliphatic carbocycles. The summed E-state index contributed by atoms with van der Waals surface area (Å²) in [6.07, 6.45) is 11.4. The molecule has 0 spiro atoms. The highest BCUT2D eigenvalue weighted by molar-refractivity contribution is 7.12. The minimum absolute atomic E-state index is 0.0273. The van der Waals surface area contributed by atoms with Gasteiger partial charge in [0, 0.05) is 86.8 Å². The normalized spacial score (nSPS) is 15.7. The first-order valence-electron chi connectivity index (χ1n) is 21.4. The summed E-state index contributed by atoms with van der Waals surface area (Å²) in [4.78, 5) is 44.2. The van der Waals surface area contributed by atoms with Crippen LogP contribution in [-0.4, -0.2) is 64.2 Å². The molecule has 0 bridgehead atoms. The molecule has 0 radical (unpaired) electrons. The Bertz CT molecular complexity index is 3080. The number of aryl methyl sites for hydroxylation is 3. The second-order valence-corrected chi connectivity index (χ2v) is 19.0. The van der Waals surface area contributed by atoms with Crippen LogP contribution in [0.5, 0.6) is 0 Å². The lowest BCUT2D eigenvalue weighted by atomic mass is 9.83. The van der Waals surface area contributed by atoms with E-state index < -0.39 is 0 Å². The van der Waals surface area contributed by atoms with E-state index in [4.69, 9.17) is 15.2 Å². The average molecular weight is 879 g/mol. The third-order valence-corrected chi connectivity index (χ3v) is 14.6. The Morgan fingerprint density at radius 1 is 0.641 bits per heavy atom. The Morgan fingerprint density at radius 2 is 1.19 bits per heavy atom. The standard InChI is InChI=1S/C52H46N8O2S2/c1-6-51(61)57-26-45(41-22-32(3)63-47(41)30-57)39-16-10-8-14-37(39)44-29-60(56-34(44)5)50-20-19-35(25-54-50)23-36-24-42-46(27-58(52(62)7-2)31-48(42)64-36)40-17-11-9-15-38(40)43-28-59(55-33(43)4)49-18-12-13-21-53-49/h6-22,24-25,28-29,45-46H,1-2,23,26-27,30-31H2,3-5H3/t45-,46+/m1/s1. The highest BCUT2D eigenvalue weighted by atomic mass is 32.1. The summed E-state index contributed by atoms with van der Waals surface area (Å²) in [5.41, 5.74) is 12.0. The van der Waals surface area contributed by atoms with Crippen molar-refractivity contribution in [3.8, 4) is 33.9 Å². The summed E-state index contributed by atoms with van der Waals surface area (Å²) in [5.74, 6) is 1.35. The van der Waals surface area contributed by atoms with Gasteiger partial charge in [-0.05, 0) is 102 Å². The Balaban J connectivity index is 0.924. The first-order chi connectivity index (χ1) is 31.1. The first kappa shape index (κ1) is 41.0. The zero-order valence-electron chi connectivity index (χ0n) is 35.9. The van der Waals surface area contributed by atoms with E-state index in [0.29, 0.717) is 32.6 Å². The van der Waals surface area contributed by atoms with Gasteiger partial charge in [-0.1, -0.05) is 73.8 Å². The van der Waals surface area contributed by atoms with Crippen molar-refractivity contribution < 1.29 is 9.59 Å². The van der Waals surface area contributed by atoms with Gasteiger partial charge in [-0.15, -0.1) is 22.7 Å². The lowest BCUT2D eigenvalue weighted by Crippen LogP contribution is -2.37. The predicted molar refractivity (Wildman–Crippen MR) is 254 cm³/mol. The summed E-state index contributed by atoms with van der Waals surface area (Å²) in [7, 11) is 0. The number of amides is 2. The highest BCUT2D eigenvalue weighted by Gasteiger charge is 2.34. The van der Waals surface area contributed by atoms with E-state index in [1.165, 1.54) is 48.4 Å². The molecular weight excluding hydrogens is 833 g/mol. The molecule has 2 aliphatic rings. The van der Waals surface area contributed by atoms with Gasteiger partial charge in [0.2, 0.25) is 11.8 Å². The topological polar surface area (TPSA) is 102 Å². The smallest absolute Gasteiger partial charge is 0.246 e. The predicted octanol–water partition coefficient (Wildman–Crippen LogP) is 10.1. The number of hydrogen-bond acceptors (Lipinski definition) is 8. The van der Waals surface area contributed by atoms with Crippen molar-refractivity contribution in [1.82, 2.24) is 39.3 Å². The molecule has 318 valence electrons. The Labute approximate surface area is 380 Å². The maximum atomic E-state index is 13.2. The van der Waals surface area contributed by atoms with Gasteiger partial charge in [-0.3, -0.25) is 9.59 Å². The van der Waals surface area contributed by atoms with E-state index >= 15 is 0 Å². The first-order valence-corrected chi connectivity index (χ1v) is 23.0. The molecule has 64 heavy (non-hydrogen) atoms. The number of carbonyl (C=O) groups is 2. The fourth-order valence-corrected chi connectivity index (χ4v) is 11.8. The van der Waals surface area contributed by atoms with E-state index in [2.05, 4.69) is 98.0 Å². The molecule has 10 nitrogen and oxygen atoms in total. The van der Waals surface area contributed by atoms with Crippen molar-refractivity contribution >= 4 is 34.5 Å². The van der Waals surface area contributed by atoms with Crippen LogP contribution in [-0.2, 0) is 29.1 Å². The number of carbonyl (C=O) groups excluding carboxylic acids is 2. The Hall–Kier alpha value is -7.02. The summed E-state index contributed by atoms with van der Waals surface area (Å²) < 4.78 is 3.69. The van der Waals surface area contributed by atoms with E-state index in [1.807, 2.05) is 69.7 Å². The number of hydrogen-bond donors (Lipinski definition) is 0. The van der Waals surface area contributed by atoms with E-state index in [1.54, 1.807) is 28.9 Å². The summed E-state index contributed by atoms with van der Waals surface area (Å²) in [5, 5.41) is 9.79. The van der Waals surface area contributed by atoms with E-state index in [-0.39, 0.29) is 23.7 Å². The molecule has 2 atom stereocenters. The zero-order chi connectivity index (χ0) is 44.1. The van der Waals surface area contributed by atoms with Gasteiger partial charge in [0.1, 0.15) is 0 Å². The molecule has 0 N–H and O–H groups in total. The van der Waals surface area contributed by atoms with Crippen molar-refractivity contribution in [2.24, 2.45) is 0 Å². The summed E-state index contributed by atoms with van der Waals surface area (Å²) >= 11 is 3.52. The number of aromatic nitrogens is 6. The van der Waals surface area contributed by atoms with Crippen molar-refractivity contribution in [1.29, 1.82) is 0 Å². The van der Waals surface area contributed by atoms with Gasteiger partial charge >= 0.3 is 0 Å². The van der Waals surface area contributed by atoms with E-state index in [0.717, 1.165) is 56.4 Å². The molecule has 8 aromatic rings. The van der Waals surface area contributed by atoms with Crippen molar-refractivity contribution in [3.63, 3.8) is 0 Å². The Kier molecular flexibility index (Phi) is 10.8. The molecule has 0 unspecified atom stereocenters. The lowest BCUT2D eigenvalue weighted by molar-refractivity contribution is -0.127. The van der Waals surface area contributed by atoms with Crippen molar-refractivity contribution in [3.05, 3.63) is 200 Å². The lowest BCUT2D eigenvalue weighted by Gasteiger charge is -2.33. The maximum Gasteiger partial charge on any atom is 0.246 e. The largest absolute Gasteiger partial charge is 0.333 e. The second-order valence-electron chi connectivity index (χ2n) is 16.5. The van der Waals surface area contributed by atoms with Gasteiger partial charge < -0.3 is 9.80 Å². The van der Waals surface area contributed by atoms with Crippen LogP contribution in [0.1, 0.15) is 70.5 Å². The van der Waals surface area contributed by atoms with Crippen LogP contribution in [0.15, 0.2) is 141 Å². The molecule has 6 aromatic heterocycles. The van der Waals surface area contributed by atoms with Crippen LogP contribution in [0.4, 0.5) is 0 Å². The summed E-state index contributed by atoms with van der Waals surface area (Å²) in [6.45, 7) is 16.1. The molecule has 2 amide bonds. The number of fused-ring (bicyclic) bond motifs is 2. The number of rotatable bonds is 10. The molecule has 2 aliphatic heterocycles. The molecule has 8 heterocycles. The molecule has 0 saturated carbocycles. The van der Waals surface area contributed by atoms with Gasteiger partial charge in [0.25, 0.3) is 0 Å². The fourth-order valence-electron chi connectivity index (χ4n) is 9.37. The molecule has 0 saturated heterocycles. The fraction of sp³-hybridized carbons (Fsp3) is 0.192. The number of pyridine rings is 2. The molecule has 0 fully saturated rings. The monoisotopic (exact) mass is 878 g/mol.